The minimum absolute atomic E-state index is 0.303. The number of hydrazone groups is 1. The Morgan fingerprint density at radius 3 is 2.47 bits per heavy atom. The summed E-state index contributed by atoms with van der Waals surface area (Å²) in [6, 6.07) is 26.3. The number of halogens is 2. The molecule has 0 radical (unpaired) electrons. The molecule has 0 heterocycles. The van der Waals surface area contributed by atoms with Crippen molar-refractivity contribution in [2.75, 3.05) is 0 Å². The Kier molecular flexibility index (Phi) is 9.46. The van der Waals surface area contributed by atoms with Crippen LogP contribution in [0.4, 0.5) is 0 Å². The van der Waals surface area contributed by atoms with E-state index < -0.39 is 18.0 Å². The highest BCUT2D eigenvalue weighted by Crippen LogP contribution is 2.34. The predicted molar refractivity (Wildman–Crippen MR) is 157 cm³/mol. The van der Waals surface area contributed by atoms with Gasteiger partial charge in [0.15, 0.2) is 6.10 Å². The third kappa shape index (κ3) is 7.18. The molecule has 192 valence electrons. The molecule has 1 N–H and O–H groups in total. The van der Waals surface area contributed by atoms with Gasteiger partial charge in [0.1, 0.15) is 11.5 Å². The van der Waals surface area contributed by atoms with Crippen molar-refractivity contribution in [2.45, 2.75) is 19.4 Å². The molecule has 8 heteroatoms. The van der Waals surface area contributed by atoms with Crippen molar-refractivity contribution >= 4 is 66.8 Å². The summed E-state index contributed by atoms with van der Waals surface area (Å²) in [5.41, 5.74) is 3.92. The van der Waals surface area contributed by atoms with Gasteiger partial charge < -0.3 is 9.47 Å². The number of nitrogens with zero attached hydrogens (tertiary/aromatic N) is 1. The average Bonchev–Trinajstić information content (AvgIpc) is 2.93. The lowest BCUT2D eigenvalue weighted by molar-refractivity contribution is -0.129. The van der Waals surface area contributed by atoms with Crippen LogP contribution in [-0.4, -0.2) is 24.2 Å². The Bertz CT molecular complexity index is 1500. The lowest BCUT2D eigenvalue weighted by Crippen LogP contribution is -2.35. The molecule has 0 saturated carbocycles. The fourth-order valence-corrected chi connectivity index (χ4v) is 4.57. The van der Waals surface area contributed by atoms with Gasteiger partial charge in [-0.15, -0.1) is 0 Å². The van der Waals surface area contributed by atoms with Gasteiger partial charge in [0.25, 0.3) is 5.91 Å². The van der Waals surface area contributed by atoms with E-state index in [4.69, 9.17) is 9.47 Å². The van der Waals surface area contributed by atoms with Gasteiger partial charge in [-0.05, 0) is 69.0 Å². The number of carbonyl (C=O) groups is 2. The van der Waals surface area contributed by atoms with Crippen molar-refractivity contribution < 1.29 is 19.1 Å². The monoisotopic (exact) mass is 634 g/mol. The normalized spacial score (nSPS) is 12.1. The Balaban J connectivity index is 1.42. The number of amides is 1. The Morgan fingerprint density at radius 1 is 0.947 bits per heavy atom. The fourth-order valence-electron chi connectivity index (χ4n) is 3.60. The largest absolute Gasteiger partial charge is 0.479 e. The average molecular weight is 636 g/mol. The topological polar surface area (TPSA) is 77.0 Å². The van der Waals surface area contributed by atoms with Crippen molar-refractivity contribution in [2.24, 2.45) is 5.10 Å². The maximum absolute atomic E-state index is 12.8. The van der Waals surface area contributed by atoms with Crippen molar-refractivity contribution in [1.29, 1.82) is 0 Å². The van der Waals surface area contributed by atoms with Gasteiger partial charge >= 0.3 is 5.97 Å². The van der Waals surface area contributed by atoms with Gasteiger partial charge in [-0.3, -0.25) is 4.79 Å². The molecule has 0 aromatic heterocycles. The molecule has 38 heavy (non-hydrogen) atoms. The van der Waals surface area contributed by atoms with Gasteiger partial charge in [0.05, 0.1) is 10.7 Å². The molecule has 0 aliphatic heterocycles. The number of fused-ring (bicyclic) bond motifs is 1. The van der Waals surface area contributed by atoms with Crippen LogP contribution < -0.4 is 14.9 Å². The lowest BCUT2D eigenvalue weighted by Gasteiger charge is -2.17. The van der Waals surface area contributed by atoms with E-state index in [1.807, 2.05) is 73.7 Å². The van der Waals surface area contributed by atoms with Gasteiger partial charge in [0, 0.05) is 16.1 Å². The van der Waals surface area contributed by atoms with Crippen LogP contribution in [0.2, 0.25) is 0 Å². The second kappa shape index (κ2) is 13.2. The van der Waals surface area contributed by atoms with Crippen molar-refractivity contribution in [1.82, 2.24) is 5.43 Å². The molecule has 6 nitrogen and oxygen atoms in total. The molecule has 4 rings (SSSR count). The molecular weight excluding hydrogens is 612 g/mol. The minimum atomic E-state index is -0.757. The van der Waals surface area contributed by atoms with E-state index in [1.54, 1.807) is 24.3 Å². The van der Waals surface area contributed by atoms with Crippen molar-refractivity contribution in [3.63, 3.8) is 0 Å². The highest BCUT2D eigenvalue weighted by atomic mass is 79.9. The van der Waals surface area contributed by atoms with Crippen LogP contribution in [0.3, 0.4) is 0 Å². The molecule has 0 saturated heterocycles. The van der Waals surface area contributed by atoms with Gasteiger partial charge in [0.2, 0.25) is 0 Å². The van der Waals surface area contributed by atoms with Gasteiger partial charge in [-0.1, -0.05) is 83.5 Å². The van der Waals surface area contributed by atoms with Gasteiger partial charge in [-0.2, -0.15) is 5.10 Å². The molecule has 4 aromatic carbocycles. The minimum Gasteiger partial charge on any atom is -0.479 e. The Morgan fingerprint density at radius 2 is 1.68 bits per heavy atom. The van der Waals surface area contributed by atoms with Crippen LogP contribution in [-0.2, 0) is 9.59 Å². The molecular formula is C30H24Br2N2O4. The van der Waals surface area contributed by atoms with E-state index in [0.29, 0.717) is 23.5 Å². The zero-order valence-corrected chi connectivity index (χ0v) is 23.6. The summed E-state index contributed by atoms with van der Waals surface area (Å²) in [6.07, 6.45) is 4.13. The molecule has 1 unspecified atom stereocenters. The van der Waals surface area contributed by atoms with E-state index in [-0.39, 0.29) is 0 Å². The molecule has 0 aliphatic rings. The highest BCUT2D eigenvalue weighted by Gasteiger charge is 2.20. The van der Waals surface area contributed by atoms with Gasteiger partial charge in [-0.25, -0.2) is 10.2 Å². The first-order valence-electron chi connectivity index (χ1n) is 11.9. The summed E-state index contributed by atoms with van der Waals surface area (Å²) in [5.74, 6) is -0.0601. The lowest BCUT2D eigenvalue weighted by atomic mass is 10.1. The zero-order chi connectivity index (χ0) is 26.9. The highest BCUT2D eigenvalue weighted by molar-refractivity contribution is 9.11. The number of ether oxygens (including phenoxy) is 2. The number of esters is 1. The molecule has 1 amide bonds. The number of nitrogens with one attached hydrogen (secondary N) is 1. The first-order chi connectivity index (χ1) is 18.4. The molecule has 0 aliphatic carbocycles. The summed E-state index contributed by atoms with van der Waals surface area (Å²) in [6.45, 7) is 1.86. The number of benzene rings is 4. The number of carbonyl (C=O) groups excluding carboxylic acids is 2. The molecule has 0 bridgehead atoms. The van der Waals surface area contributed by atoms with E-state index >= 15 is 0 Å². The van der Waals surface area contributed by atoms with Crippen LogP contribution >= 0.6 is 31.9 Å². The molecule has 4 aromatic rings. The Labute approximate surface area is 237 Å². The standard InChI is InChI=1S/C30H24Br2N2O4/c1-2-25(37-27-15-13-21-10-6-7-11-24(21)29(27)32)30(36)34-33-19-22-18-23(31)14-16-26(22)38-28(35)17-12-20-8-4-3-5-9-20/h3-19,25H,2H2,1H3,(H,34,36). The van der Waals surface area contributed by atoms with E-state index in [9.17, 15) is 9.59 Å². The third-order valence-electron chi connectivity index (χ3n) is 5.53. The first-order valence-corrected chi connectivity index (χ1v) is 13.4. The van der Waals surface area contributed by atoms with Crippen LogP contribution in [0.1, 0.15) is 24.5 Å². The summed E-state index contributed by atoms with van der Waals surface area (Å²) in [7, 11) is 0. The zero-order valence-electron chi connectivity index (χ0n) is 20.4. The van der Waals surface area contributed by atoms with Crippen LogP contribution in [0.5, 0.6) is 11.5 Å². The Hall–Kier alpha value is -3.75. The number of hydrogen-bond donors (Lipinski definition) is 1. The molecule has 0 fully saturated rings. The maximum atomic E-state index is 12.8. The fraction of sp³-hybridized carbons (Fsp3) is 0.100. The predicted octanol–water partition coefficient (Wildman–Crippen LogP) is 7.29. The summed E-state index contributed by atoms with van der Waals surface area (Å²) in [5, 5.41) is 6.14. The summed E-state index contributed by atoms with van der Waals surface area (Å²) < 4.78 is 13.1. The maximum Gasteiger partial charge on any atom is 0.336 e. The molecule has 1 atom stereocenters. The van der Waals surface area contributed by atoms with Crippen molar-refractivity contribution in [3.05, 3.63) is 111 Å². The van der Waals surface area contributed by atoms with E-state index in [0.717, 1.165) is 25.3 Å². The second-order valence-corrected chi connectivity index (χ2v) is 9.90. The van der Waals surface area contributed by atoms with Crippen LogP contribution in [0.15, 0.2) is 105 Å². The van der Waals surface area contributed by atoms with Crippen molar-refractivity contribution in [3.8, 4) is 11.5 Å². The first kappa shape index (κ1) is 27.3. The quantitative estimate of drug-likeness (QED) is 0.0689. The van der Waals surface area contributed by atoms with E-state index in [2.05, 4.69) is 42.4 Å². The van der Waals surface area contributed by atoms with E-state index in [1.165, 1.54) is 12.3 Å². The van der Waals surface area contributed by atoms with Crippen LogP contribution in [0, 0.1) is 0 Å². The smallest absolute Gasteiger partial charge is 0.336 e. The summed E-state index contributed by atoms with van der Waals surface area (Å²) in [4.78, 5) is 25.2. The number of hydrogen-bond acceptors (Lipinski definition) is 5. The SMILES string of the molecule is CCC(Oc1ccc2ccccc2c1Br)C(=O)NN=Cc1cc(Br)ccc1OC(=O)C=Cc1ccccc1. The van der Waals surface area contributed by atoms with Crippen LogP contribution in [0.25, 0.3) is 16.8 Å². The molecule has 0 spiro atoms. The second-order valence-electron chi connectivity index (χ2n) is 8.20. The third-order valence-corrected chi connectivity index (χ3v) is 6.84. The summed E-state index contributed by atoms with van der Waals surface area (Å²) >= 11 is 7.01. The number of rotatable bonds is 9.